The maximum absolute atomic E-state index is 12.4. The highest BCUT2D eigenvalue weighted by Crippen LogP contribution is 2.47. The van der Waals surface area contributed by atoms with Gasteiger partial charge in [-0.1, -0.05) is 20.8 Å². The number of fused-ring (bicyclic) bond motifs is 5. The molecule has 4 rings (SSSR count). The summed E-state index contributed by atoms with van der Waals surface area (Å²) in [6, 6.07) is 5.53. The lowest BCUT2D eigenvalue weighted by atomic mass is 9.76. The number of furan rings is 1. The van der Waals surface area contributed by atoms with Gasteiger partial charge in [0.1, 0.15) is 22.7 Å². The van der Waals surface area contributed by atoms with Crippen molar-refractivity contribution >= 4 is 22.7 Å². The Morgan fingerprint density at radius 1 is 1.30 bits per heavy atom. The Labute approximate surface area is 157 Å². The van der Waals surface area contributed by atoms with Crippen molar-refractivity contribution in [2.24, 2.45) is 5.41 Å². The summed E-state index contributed by atoms with van der Waals surface area (Å²) < 4.78 is 11.5. The predicted octanol–water partition coefficient (Wildman–Crippen LogP) is 3.70. The third-order valence-electron chi connectivity index (χ3n) is 5.64. The smallest absolute Gasteiger partial charge is 0.340 e. The van der Waals surface area contributed by atoms with Gasteiger partial charge in [0.05, 0.1) is 13.2 Å². The highest BCUT2D eigenvalue weighted by Gasteiger charge is 2.45. The average molecular weight is 369 g/mol. The fraction of sp³-hybridized carbons (Fsp3) is 0.429. The number of benzene rings is 1. The number of aliphatic carboxylic acids is 1. The standard InChI is InChI=1S/C21H23NO5/c1-21(2,3)18-8-13-12-6-5-11(26-4)7-17(12)27-19(13)15-9-16(23)14(20(24)25)10-22(15)18/h5-7,10,15,18H,8-9H2,1-4H3,(H,24,25)/t15?,18-/m0/s1. The molecule has 0 aliphatic carbocycles. The molecule has 0 radical (unpaired) electrons. The third kappa shape index (κ3) is 2.71. The van der Waals surface area contributed by atoms with Crippen LogP contribution in [0.3, 0.4) is 0 Å². The lowest BCUT2D eigenvalue weighted by Crippen LogP contribution is -2.50. The van der Waals surface area contributed by atoms with E-state index in [9.17, 15) is 14.7 Å². The van der Waals surface area contributed by atoms with Crippen molar-refractivity contribution in [2.75, 3.05) is 7.11 Å². The molecule has 2 aromatic rings. The van der Waals surface area contributed by atoms with Crippen molar-refractivity contribution in [3.63, 3.8) is 0 Å². The van der Waals surface area contributed by atoms with Crippen LogP contribution in [0, 0.1) is 5.41 Å². The number of carbonyl (C=O) groups excluding carboxylic acids is 1. The molecule has 6 nitrogen and oxygen atoms in total. The molecule has 0 fully saturated rings. The Bertz CT molecular complexity index is 978. The number of carbonyl (C=O) groups is 2. The van der Waals surface area contributed by atoms with E-state index in [0.717, 1.165) is 28.7 Å². The van der Waals surface area contributed by atoms with Crippen molar-refractivity contribution < 1.29 is 23.8 Å². The molecule has 6 heteroatoms. The summed E-state index contributed by atoms with van der Waals surface area (Å²) in [6.45, 7) is 6.40. The second-order valence-corrected chi connectivity index (χ2v) is 8.33. The zero-order valence-corrected chi connectivity index (χ0v) is 15.9. The Hall–Kier alpha value is -2.76. The number of methoxy groups -OCH3 is 1. The van der Waals surface area contributed by atoms with Gasteiger partial charge in [-0.15, -0.1) is 0 Å². The van der Waals surface area contributed by atoms with Crippen molar-refractivity contribution in [3.05, 3.63) is 41.3 Å². The summed E-state index contributed by atoms with van der Waals surface area (Å²) in [7, 11) is 1.61. The average Bonchev–Trinajstić information content (AvgIpc) is 2.97. The lowest BCUT2D eigenvalue weighted by molar-refractivity contribution is -0.135. The molecule has 3 heterocycles. The van der Waals surface area contributed by atoms with E-state index < -0.39 is 5.97 Å². The number of nitrogens with zero attached hydrogens (tertiary/aromatic N) is 1. The van der Waals surface area contributed by atoms with Gasteiger partial charge in [0.25, 0.3) is 0 Å². The molecular formula is C21H23NO5. The largest absolute Gasteiger partial charge is 0.497 e. The highest BCUT2D eigenvalue weighted by molar-refractivity contribution is 6.17. The van der Waals surface area contributed by atoms with Crippen molar-refractivity contribution in [2.45, 2.75) is 45.7 Å². The molecule has 0 saturated heterocycles. The van der Waals surface area contributed by atoms with E-state index in [0.29, 0.717) is 5.75 Å². The third-order valence-corrected chi connectivity index (χ3v) is 5.64. The summed E-state index contributed by atoms with van der Waals surface area (Å²) in [5.41, 5.74) is 1.58. The number of hydrogen-bond donors (Lipinski definition) is 1. The second kappa shape index (κ2) is 5.87. The van der Waals surface area contributed by atoms with Gasteiger partial charge < -0.3 is 19.2 Å². The first-order chi connectivity index (χ1) is 12.7. The van der Waals surface area contributed by atoms with Crippen LogP contribution in [-0.4, -0.2) is 34.9 Å². The molecule has 1 aromatic heterocycles. The van der Waals surface area contributed by atoms with Crippen LogP contribution >= 0.6 is 0 Å². The molecule has 2 aliphatic rings. The van der Waals surface area contributed by atoms with Crippen LogP contribution in [-0.2, 0) is 16.0 Å². The Balaban J connectivity index is 1.91. The second-order valence-electron chi connectivity index (χ2n) is 8.33. The Morgan fingerprint density at radius 2 is 2.04 bits per heavy atom. The number of hydrogen-bond acceptors (Lipinski definition) is 5. The molecule has 1 N–H and O–H groups in total. The molecule has 0 spiro atoms. The van der Waals surface area contributed by atoms with Crippen molar-refractivity contribution in [1.82, 2.24) is 4.90 Å². The fourth-order valence-corrected chi connectivity index (χ4v) is 4.22. The maximum Gasteiger partial charge on any atom is 0.340 e. The van der Waals surface area contributed by atoms with Crippen molar-refractivity contribution in [1.29, 1.82) is 0 Å². The highest BCUT2D eigenvalue weighted by atomic mass is 16.5. The first-order valence-corrected chi connectivity index (χ1v) is 9.05. The van der Waals surface area contributed by atoms with E-state index in [1.807, 2.05) is 23.1 Å². The van der Waals surface area contributed by atoms with E-state index in [1.54, 1.807) is 7.11 Å². The molecular weight excluding hydrogens is 346 g/mol. The van der Waals surface area contributed by atoms with Gasteiger partial charge in [-0.2, -0.15) is 0 Å². The summed E-state index contributed by atoms with van der Waals surface area (Å²) in [6.07, 6.45) is 2.35. The van der Waals surface area contributed by atoms with Gasteiger partial charge >= 0.3 is 5.97 Å². The fourth-order valence-electron chi connectivity index (χ4n) is 4.22. The number of ether oxygens (including phenoxy) is 1. The number of rotatable bonds is 2. The monoisotopic (exact) mass is 369 g/mol. The molecule has 27 heavy (non-hydrogen) atoms. The van der Waals surface area contributed by atoms with E-state index in [-0.39, 0.29) is 35.3 Å². The van der Waals surface area contributed by atoms with Gasteiger partial charge in [0.15, 0.2) is 5.78 Å². The zero-order valence-electron chi connectivity index (χ0n) is 15.9. The minimum atomic E-state index is -1.17. The summed E-state index contributed by atoms with van der Waals surface area (Å²) in [4.78, 5) is 26.0. The number of ketones is 1. The first-order valence-electron chi connectivity index (χ1n) is 9.05. The molecule has 2 atom stereocenters. The van der Waals surface area contributed by atoms with Gasteiger partial charge in [-0.25, -0.2) is 4.79 Å². The van der Waals surface area contributed by atoms with Crippen LogP contribution in [0.2, 0.25) is 0 Å². The van der Waals surface area contributed by atoms with E-state index in [1.165, 1.54) is 6.20 Å². The Kier molecular flexibility index (Phi) is 3.84. The van der Waals surface area contributed by atoms with Crippen LogP contribution in [0.25, 0.3) is 11.0 Å². The maximum atomic E-state index is 12.4. The molecule has 0 amide bonds. The van der Waals surface area contributed by atoms with Crippen LogP contribution in [0.15, 0.2) is 34.4 Å². The Morgan fingerprint density at radius 3 is 2.67 bits per heavy atom. The zero-order chi connectivity index (χ0) is 19.5. The minimum Gasteiger partial charge on any atom is -0.497 e. The molecule has 1 unspecified atom stereocenters. The topological polar surface area (TPSA) is 80.0 Å². The van der Waals surface area contributed by atoms with E-state index in [4.69, 9.17) is 9.15 Å². The van der Waals surface area contributed by atoms with Gasteiger partial charge in [0, 0.05) is 35.7 Å². The molecule has 2 aliphatic heterocycles. The number of Topliss-reactive ketones (excluding diaryl/α,β-unsaturated/α-hetero) is 1. The van der Waals surface area contributed by atoms with Crippen LogP contribution < -0.4 is 4.74 Å². The van der Waals surface area contributed by atoms with Crippen LogP contribution in [0.5, 0.6) is 5.75 Å². The molecule has 1 aromatic carbocycles. The number of carboxylic acid groups (broad SMARTS) is 1. The molecule has 0 bridgehead atoms. The van der Waals surface area contributed by atoms with Crippen LogP contribution in [0.1, 0.15) is 44.6 Å². The molecule has 0 saturated carbocycles. The van der Waals surface area contributed by atoms with Crippen molar-refractivity contribution in [3.8, 4) is 5.75 Å². The van der Waals surface area contributed by atoms with Crippen LogP contribution in [0.4, 0.5) is 0 Å². The predicted molar refractivity (Wildman–Crippen MR) is 99.6 cm³/mol. The summed E-state index contributed by atoms with van der Waals surface area (Å²) in [5, 5.41) is 10.4. The van der Waals surface area contributed by atoms with Gasteiger partial charge in [-0.3, -0.25) is 4.79 Å². The number of carboxylic acids is 1. The lowest BCUT2D eigenvalue weighted by Gasteiger charge is -2.48. The molecule has 142 valence electrons. The van der Waals surface area contributed by atoms with Gasteiger partial charge in [0.2, 0.25) is 0 Å². The normalized spacial score (nSPS) is 22.3. The summed E-state index contributed by atoms with van der Waals surface area (Å²) >= 11 is 0. The minimum absolute atomic E-state index is 0.0559. The van der Waals surface area contributed by atoms with Gasteiger partial charge in [-0.05, 0) is 24.0 Å². The summed E-state index contributed by atoms with van der Waals surface area (Å²) in [5.74, 6) is -0.0630. The first kappa shape index (κ1) is 17.6. The quantitative estimate of drug-likeness (QED) is 0.813. The SMILES string of the molecule is COc1ccc2c3c(oc2c1)C1CC(=O)C(C(=O)O)=CN1[C@H](C(C)(C)C)C3. The van der Waals surface area contributed by atoms with E-state index >= 15 is 0 Å². The van der Waals surface area contributed by atoms with E-state index in [2.05, 4.69) is 20.8 Å².